The predicted octanol–water partition coefficient (Wildman–Crippen LogP) is 5.07. The highest BCUT2D eigenvalue weighted by Crippen LogP contribution is 2.20. The third-order valence-corrected chi connectivity index (χ3v) is 4.16. The second-order valence-corrected chi connectivity index (χ2v) is 6.89. The number of hydrogen-bond acceptors (Lipinski definition) is 2. The van der Waals surface area contributed by atoms with Crippen molar-refractivity contribution in [3.05, 3.63) is 28.2 Å². The van der Waals surface area contributed by atoms with Gasteiger partial charge in [0, 0.05) is 15.9 Å². The molecule has 1 amide bonds. The number of nitrogens with one attached hydrogen (secondary N) is 1. The first-order valence-corrected chi connectivity index (χ1v) is 8.51. The second kappa shape index (κ2) is 9.46. The summed E-state index contributed by atoms with van der Waals surface area (Å²) in [4.78, 5) is 12.8. The Labute approximate surface area is 136 Å². The van der Waals surface area contributed by atoms with Gasteiger partial charge in [-0.3, -0.25) is 4.79 Å². The lowest BCUT2D eigenvalue weighted by Crippen LogP contribution is -2.24. The van der Waals surface area contributed by atoms with Crippen LogP contribution in [0, 0.1) is 5.92 Å². The molecule has 1 aromatic carbocycles. The lowest BCUT2D eigenvalue weighted by Gasteiger charge is -2.08. The monoisotopic (exact) mass is 357 g/mol. The SMILES string of the molecule is CC(C)CCCCCCNC(=O)c1cc(S)ccc1Br. The van der Waals surface area contributed by atoms with Crippen LogP contribution in [-0.2, 0) is 0 Å². The van der Waals surface area contributed by atoms with Crippen molar-refractivity contribution >= 4 is 34.5 Å². The van der Waals surface area contributed by atoms with Crippen molar-refractivity contribution in [3.63, 3.8) is 0 Å². The van der Waals surface area contributed by atoms with Crippen LogP contribution in [0.25, 0.3) is 0 Å². The van der Waals surface area contributed by atoms with Gasteiger partial charge in [-0.1, -0.05) is 39.5 Å². The Balaban J connectivity index is 2.22. The number of amides is 1. The summed E-state index contributed by atoms with van der Waals surface area (Å²) in [6.07, 6.45) is 6.07. The van der Waals surface area contributed by atoms with Gasteiger partial charge in [-0.25, -0.2) is 0 Å². The Hall–Kier alpha value is -0.480. The van der Waals surface area contributed by atoms with Gasteiger partial charge in [-0.05, 0) is 46.5 Å². The quantitative estimate of drug-likeness (QED) is 0.493. The fourth-order valence-electron chi connectivity index (χ4n) is 2.02. The summed E-state index contributed by atoms with van der Waals surface area (Å²) in [7, 11) is 0. The number of thiol groups is 1. The van der Waals surface area contributed by atoms with Crippen molar-refractivity contribution in [2.24, 2.45) is 5.92 Å². The van der Waals surface area contributed by atoms with Crippen LogP contribution in [0.1, 0.15) is 56.3 Å². The summed E-state index contributed by atoms with van der Waals surface area (Å²) < 4.78 is 0.810. The molecule has 1 N–H and O–H groups in total. The van der Waals surface area contributed by atoms with Crippen LogP contribution in [-0.4, -0.2) is 12.5 Å². The van der Waals surface area contributed by atoms with Crippen LogP contribution in [0.3, 0.4) is 0 Å². The molecule has 0 atom stereocenters. The Bertz CT molecular complexity index is 434. The number of carbonyl (C=O) groups is 1. The van der Waals surface area contributed by atoms with Gasteiger partial charge in [0.2, 0.25) is 0 Å². The summed E-state index contributed by atoms with van der Waals surface area (Å²) in [5.41, 5.74) is 0.650. The molecular formula is C16H24BrNOS. The molecule has 0 unspecified atom stereocenters. The molecule has 0 aliphatic heterocycles. The van der Waals surface area contributed by atoms with Gasteiger partial charge in [0.1, 0.15) is 0 Å². The zero-order valence-corrected chi connectivity index (χ0v) is 14.8. The highest BCUT2D eigenvalue weighted by molar-refractivity contribution is 9.10. The number of benzene rings is 1. The van der Waals surface area contributed by atoms with Gasteiger partial charge in [0.15, 0.2) is 0 Å². The van der Waals surface area contributed by atoms with Crippen molar-refractivity contribution in [2.45, 2.75) is 50.8 Å². The number of hydrogen-bond donors (Lipinski definition) is 2. The van der Waals surface area contributed by atoms with Crippen molar-refractivity contribution in [3.8, 4) is 0 Å². The fraction of sp³-hybridized carbons (Fsp3) is 0.562. The second-order valence-electron chi connectivity index (χ2n) is 5.52. The number of rotatable bonds is 8. The van der Waals surface area contributed by atoms with Gasteiger partial charge in [-0.2, -0.15) is 0 Å². The Morgan fingerprint density at radius 1 is 1.25 bits per heavy atom. The molecule has 20 heavy (non-hydrogen) atoms. The van der Waals surface area contributed by atoms with E-state index in [2.05, 4.69) is 47.7 Å². The van der Waals surface area contributed by atoms with Crippen LogP contribution < -0.4 is 5.32 Å². The van der Waals surface area contributed by atoms with E-state index in [1.165, 1.54) is 25.7 Å². The van der Waals surface area contributed by atoms with Gasteiger partial charge in [-0.15, -0.1) is 12.6 Å². The number of unbranched alkanes of at least 4 members (excludes halogenated alkanes) is 3. The van der Waals surface area contributed by atoms with Gasteiger partial charge in [0.05, 0.1) is 5.56 Å². The minimum atomic E-state index is -0.0324. The van der Waals surface area contributed by atoms with E-state index >= 15 is 0 Å². The van der Waals surface area contributed by atoms with E-state index in [9.17, 15) is 4.79 Å². The van der Waals surface area contributed by atoms with Crippen LogP contribution >= 0.6 is 28.6 Å². The van der Waals surface area contributed by atoms with Gasteiger partial charge >= 0.3 is 0 Å². The lowest BCUT2D eigenvalue weighted by atomic mass is 10.0. The molecule has 0 spiro atoms. The largest absolute Gasteiger partial charge is 0.352 e. The first-order valence-electron chi connectivity index (χ1n) is 7.27. The standard InChI is InChI=1S/C16H24BrNOS/c1-12(2)7-5-3-4-6-10-18-16(19)14-11-13(20)8-9-15(14)17/h8-9,11-12,20H,3-7,10H2,1-2H3,(H,18,19). The molecule has 0 radical (unpaired) electrons. The van der Waals surface area contributed by atoms with E-state index in [-0.39, 0.29) is 5.91 Å². The zero-order valence-electron chi connectivity index (χ0n) is 12.3. The summed E-state index contributed by atoms with van der Waals surface area (Å²) in [5.74, 6) is 0.760. The summed E-state index contributed by atoms with van der Waals surface area (Å²) in [6.45, 7) is 5.26. The maximum Gasteiger partial charge on any atom is 0.252 e. The predicted molar refractivity (Wildman–Crippen MR) is 91.7 cm³/mol. The highest BCUT2D eigenvalue weighted by Gasteiger charge is 2.09. The molecule has 0 aliphatic carbocycles. The molecule has 0 fully saturated rings. The maximum atomic E-state index is 12.0. The van der Waals surface area contributed by atoms with E-state index in [4.69, 9.17) is 0 Å². The third kappa shape index (κ3) is 6.80. The average Bonchev–Trinajstić information content (AvgIpc) is 2.39. The van der Waals surface area contributed by atoms with E-state index in [1.807, 2.05) is 12.1 Å². The molecule has 4 heteroatoms. The van der Waals surface area contributed by atoms with Crippen LogP contribution in [0.5, 0.6) is 0 Å². The Morgan fingerprint density at radius 2 is 1.95 bits per heavy atom. The molecule has 0 saturated carbocycles. The Kier molecular flexibility index (Phi) is 8.31. The van der Waals surface area contributed by atoms with E-state index < -0.39 is 0 Å². The average molecular weight is 358 g/mol. The van der Waals surface area contributed by atoms with Crippen LogP contribution in [0.4, 0.5) is 0 Å². The summed E-state index contributed by atoms with van der Waals surface area (Å²) >= 11 is 7.65. The number of carbonyl (C=O) groups excluding carboxylic acids is 1. The van der Waals surface area contributed by atoms with Crippen molar-refractivity contribution in [1.29, 1.82) is 0 Å². The minimum absolute atomic E-state index is 0.0324. The summed E-state index contributed by atoms with van der Waals surface area (Å²) in [6, 6.07) is 5.49. The molecule has 0 bridgehead atoms. The number of halogens is 1. The topological polar surface area (TPSA) is 29.1 Å². The fourth-order valence-corrected chi connectivity index (χ4v) is 2.65. The molecule has 2 nitrogen and oxygen atoms in total. The first-order chi connectivity index (χ1) is 9.50. The molecule has 0 aromatic heterocycles. The maximum absolute atomic E-state index is 12.0. The Morgan fingerprint density at radius 3 is 2.65 bits per heavy atom. The normalized spacial score (nSPS) is 10.8. The van der Waals surface area contributed by atoms with E-state index in [0.717, 1.165) is 28.3 Å². The molecule has 112 valence electrons. The smallest absolute Gasteiger partial charge is 0.252 e. The van der Waals surface area contributed by atoms with E-state index in [0.29, 0.717) is 5.56 Å². The van der Waals surface area contributed by atoms with Crippen LogP contribution in [0.2, 0.25) is 0 Å². The first kappa shape index (κ1) is 17.6. The summed E-state index contributed by atoms with van der Waals surface area (Å²) in [5, 5.41) is 2.96. The molecule has 0 saturated heterocycles. The van der Waals surface area contributed by atoms with Gasteiger partial charge in [0.25, 0.3) is 5.91 Å². The molecule has 1 rings (SSSR count). The molecule has 0 aliphatic rings. The van der Waals surface area contributed by atoms with E-state index in [1.54, 1.807) is 6.07 Å². The van der Waals surface area contributed by atoms with Gasteiger partial charge < -0.3 is 5.32 Å². The zero-order chi connectivity index (χ0) is 15.0. The van der Waals surface area contributed by atoms with Crippen molar-refractivity contribution in [1.82, 2.24) is 5.32 Å². The van der Waals surface area contributed by atoms with Crippen molar-refractivity contribution in [2.75, 3.05) is 6.54 Å². The molecule has 0 heterocycles. The van der Waals surface area contributed by atoms with Crippen molar-refractivity contribution < 1.29 is 4.79 Å². The lowest BCUT2D eigenvalue weighted by molar-refractivity contribution is 0.0952. The molecule has 1 aromatic rings. The minimum Gasteiger partial charge on any atom is -0.352 e. The molecular weight excluding hydrogens is 334 g/mol. The highest BCUT2D eigenvalue weighted by atomic mass is 79.9. The third-order valence-electron chi connectivity index (χ3n) is 3.19. The van der Waals surface area contributed by atoms with Crippen LogP contribution in [0.15, 0.2) is 27.6 Å².